The standard InChI is InChI=1S/C14H19ClFNO/c1-17-13(9-10-5-7-18-8-6-10)11-3-2-4-12(15)14(11)16/h2-4,10,13,17H,5-9H2,1H3. The lowest BCUT2D eigenvalue weighted by molar-refractivity contribution is 0.0607. The molecule has 0 aliphatic carbocycles. The Balaban J connectivity index is 2.09. The van der Waals surface area contributed by atoms with Crippen molar-refractivity contribution in [3.05, 3.63) is 34.6 Å². The molecule has 1 saturated heterocycles. The van der Waals surface area contributed by atoms with Crippen LogP contribution < -0.4 is 5.32 Å². The van der Waals surface area contributed by atoms with Crippen molar-refractivity contribution in [1.29, 1.82) is 0 Å². The van der Waals surface area contributed by atoms with Crippen LogP contribution in [0.25, 0.3) is 0 Å². The number of halogens is 2. The van der Waals surface area contributed by atoms with Crippen molar-refractivity contribution >= 4 is 11.6 Å². The fourth-order valence-electron chi connectivity index (χ4n) is 2.51. The van der Waals surface area contributed by atoms with E-state index in [2.05, 4.69) is 5.32 Å². The molecule has 2 rings (SSSR count). The normalized spacial score (nSPS) is 18.8. The van der Waals surface area contributed by atoms with E-state index in [1.54, 1.807) is 12.1 Å². The van der Waals surface area contributed by atoms with Crippen LogP contribution in [0.1, 0.15) is 30.9 Å². The third-order valence-corrected chi connectivity index (χ3v) is 3.91. The van der Waals surface area contributed by atoms with E-state index in [4.69, 9.17) is 16.3 Å². The average Bonchev–Trinajstić information content (AvgIpc) is 2.41. The largest absolute Gasteiger partial charge is 0.381 e. The molecule has 100 valence electrons. The van der Waals surface area contributed by atoms with Gasteiger partial charge in [0.25, 0.3) is 0 Å². The van der Waals surface area contributed by atoms with Crippen LogP contribution in [0.2, 0.25) is 5.02 Å². The van der Waals surface area contributed by atoms with Gasteiger partial charge in [0.1, 0.15) is 5.82 Å². The Labute approximate surface area is 112 Å². The van der Waals surface area contributed by atoms with Gasteiger partial charge in [0.15, 0.2) is 0 Å². The number of hydrogen-bond acceptors (Lipinski definition) is 2. The summed E-state index contributed by atoms with van der Waals surface area (Å²) in [6.45, 7) is 1.64. The molecule has 1 aliphatic heterocycles. The second kappa shape index (κ2) is 6.50. The quantitative estimate of drug-likeness (QED) is 0.904. The highest BCUT2D eigenvalue weighted by atomic mass is 35.5. The highest BCUT2D eigenvalue weighted by molar-refractivity contribution is 6.30. The molecule has 2 nitrogen and oxygen atoms in total. The Morgan fingerprint density at radius 2 is 2.17 bits per heavy atom. The molecule has 0 radical (unpaired) electrons. The Morgan fingerprint density at radius 1 is 1.44 bits per heavy atom. The maximum absolute atomic E-state index is 14.0. The van der Waals surface area contributed by atoms with Crippen molar-refractivity contribution < 1.29 is 9.13 Å². The highest BCUT2D eigenvalue weighted by Gasteiger charge is 2.22. The molecule has 1 fully saturated rings. The van der Waals surface area contributed by atoms with Crippen LogP contribution in [0.4, 0.5) is 4.39 Å². The van der Waals surface area contributed by atoms with Crippen molar-refractivity contribution in [3.63, 3.8) is 0 Å². The summed E-state index contributed by atoms with van der Waals surface area (Å²) >= 11 is 5.83. The van der Waals surface area contributed by atoms with Crippen LogP contribution >= 0.6 is 11.6 Å². The van der Waals surface area contributed by atoms with E-state index in [1.165, 1.54) is 0 Å². The maximum atomic E-state index is 14.0. The van der Waals surface area contributed by atoms with E-state index in [0.717, 1.165) is 32.5 Å². The molecule has 0 aromatic heterocycles. The molecule has 1 N–H and O–H groups in total. The molecule has 1 heterocycles. The number of rotatable bonds is 4. The van der Waals surface area contributed by atoms with Gasteiger partial charge < -0.3 is 10.1 Å². The first kappa shape index (κ1) is 13.8. The van der Waals surface area contributed by atoms with Crippen LogP contribution in [-0.4, -0.2) is 20.3 Å². The Morgan fingerprint density at radius 3 is 2.83 bits per heavy atom. The molecular formula is C14H19ClFNO. The van der Waals surface area contributed by atoms with Crippen molar-refractivity contribution in [2.75, 3.05) is 20.3 Å². The maximum Gasteiger partial charge on any atom is 0.146 e. The van der Waals surface area contributed by atoms with Gasteiger partial charge in [-0.15, -0.1) is 0 Å². The lowest BCUT2D eigenvalue weighted by Gasteiger charge is -2.27. The van der Waals surface area contributed by atoms with Crippen LogP contribution in [0.3, 0.4) is 0 Å². The average molecular weight is 272 g/mol. The molecule has 1 atom stereocenters. The molecule has 1 aromatic carbocycles. The van der Waals surface area contributed by atoms with Gasteiger partial charge in [-0.05, 0) is 38.3 Å². The lowest BCUT2D eigenvalue weighted by atomic mass is 9.89. The second-order valence-corrected chi connectivity index (χ2v) is 5.18. The molecule has 0 spiro atoms. The zero-order chi connectivity index (χ0) is 13.0. The molecule has 0 saturated carbocycles. The molecule has 4 heteroatoms. The van der Waals surface area contributed by atoms with Gasteiger partial charge in [0.2, 0.25) is 0 Å². The van der Waals surface area contributed by atoms with Gasteiger partial charge in [0, 0.05) is 24.8 Å². The van der Waals surface area contributed by atoms with E-state index >= 15 is 0 Å². The van der Waals surface area contributed by atoms with Gasteiger partial charge in [-0.1, -0.05) is 23.7 Å². The molecule has 1 aromatic rings. The van der Waals surface area contributed by atoms with Crippen LogP contribution in [0.15, 0.2) is 18.2 Å². The van der Waals surface area contributed by atoms with E-state index in [-0.39, 0.29) is 16.9 Å². The lowest BCUT2D eigenvalue weighted by Crippen LogP contribution is -2.24. The summed E-state index contributed by atoms with van der Waals surface area (Å²) in [5.41, 5.74) is 0.663. The van der Waals surface area contributed by atoms with E-state index in [1.807, 2.05) is 13.1 Å². The van der Waals surface area contributed by atoms with Gasteiger partial charge in [-0.25, -0.2) is 4.39 Å². The summed E-state index contributed by atoms with van der Waals surface area (Å²) in [5.74, 6) is 0.292. The molecular weight excluding hydrogens is 253 g/mol. The summed E-state index contributed by atoms with van der Waals surface area (Å²) in [4.78, 5) is 0. The third kappa shape index (κ3) is 3.22. The van der Waals surface area contributed by atoms with E-state index in [0.29, 0.717) is 11.5 Å². The first-order valence-corrected chi connectivity index (χ1v) is 6.79. The van der Waals surface area contributed by atoms with Gasteiger partial charge >= 0.3 is 0 Å². The fraction of sp³-hybridized carbons (Fsp3) is 0.571. The SMILES string of the molecule is CNC(CC1CCOCC1)c1cccc(Cl)c1F. The van der Waals surface area contributed by atoms with Crippen LogP contribution in [-0.2, 0) is 4.74 Å². The molecule has 18 heavy (non-hydrogen) atoms. The van der Waals surface area contributed by atoms with Gasteiger partial charge in [-0.2, -0.15) is 0 Å². The predicted octanol–water partition coefficient (Wildman–Crippen LogP) is 3.56. The van der Waals surface area contributed by atoms with Crippen LogP contribution in [0, 0.1) is 11.7 Å². The zero-order valence-electron chi connectivity index (χ0n) is 10.6. The summed E-state index contributed by atoms with van der Waals surface area (Å²) in [7, 11) is 1.87. The third-order valence-electron chi connectivity index (χ3n) is 3.62. The minimum Gasteiger partial charge on any atom is -0.381 e. The van der Waals surface area contributed by atoms with Gasteiger partial charge in [0.05, 0.1) is 5.02 Å². The highest BCUT2D eigenvalue weighted by Crippen LogP contribution is 2.30. The summed E-state index contributed by atoms with van der Waals surface area (Å²) in [5, 5.41) is 3.39. The zero-order valence-corrected chi connectivity index (χ0v) is 11.3. The van der Waals surface area contributed by atoms with E-state index in [9.17, 15) is 4.39 Å². The first-order chi connectivity index (χ1) is 8.72. The second-order valence-electron chi connectivity index (χ2n) is 4.78. The van der Waals surface area contributed by atoms with Crippen LogP contribution in [0.5, 0.6) is 0 Å². The minimum atomic E-state index is -0.300. The summed E-state index contributed by atoms with van der Waals surface area (Å²) < 4.78 is 19.3. The summed E-state index contributed by atoms with van der Waals surface area (Å²) in [6, 6.07) is 5.21. The van der Waals surface area contributed by atoms with Crippen molar-refractivity contribution in [2.24, 2.45) is 5.92 Å². The van der Waals surface area contributed by atoms with E-state index < -0.39 is 0 Å². The Bertz CT molecular complexity index is 393. The number of hydrogen-bond donors (Lipinski definition) is 1. The molecule has 0 amide bonds. The minimum absolute atomic E-state index is 0.0202. The van der Waals surface area contributed by atoms with Gasteiger partial charge in [-0.3, -0.25) is 0 Å². The Kier molecular flexibility index (Phi) is 4.98. The first-order valence-electron chi connectivity index (χ1n) is 6.41. The summed E-state index contributed by atoms with van der Waals surface area (Å²) in [6.07, 6.45) is 3.04. The molecule has 1 unspecified atom stereocenters. The topological polar surface area (TPSA) is 21.3 Å². The smallest absolute Gasteiger partial charge is 0.146 e. The van der Waals surface area contributed by atoms with Crippen molar-refractivity contribution in [1.82, 2.24) is 5.32 Å². The number of nitrogens with one attached hydrogen (secondary N) is 1. The molecule has 1 aliphatic rings. The number of benzene rings is 1. The predicted molar refractivity (Wildman–Crippen MR) is 71.4 cm³/mol. The fourth-order valence-corrected chi connectivity index (χ4v) is 2.69. The van der Waals surface area contributed by atoms with Crippen molar-refractivity contribution in [3.8, 4) is 0 Å². The molecule has 0 bridgehead atoms. The van der Waals surface area contributed by atoms with Crippen molar-refractivity contribution in [2.45, 2.75) is 25.3 Å². The Hall–Kier alpha value is -0.640. The number of ether oxygens (including phenoxy) is 1. The monoisotopic (exact) mass is 271 g/mol.